The Morgan fingerprint density at radius 3 is 2.50 bits per heavy atom. The first kappa shape index (κ1) is 11.9. The highest BCUT2D eigenvalue weighted by atomic mass is 16.2. The standard InChI is InChI=1S/C8H12N6O2/c1-4(7(9)15)11-8(16)5-2-3-6(12-10)14-13-5/h2-4H,10H2,1H3,(H2,9,15)(H,11,16)(H,12,14). The van der Waals surface area contributed by atoms with E-state index in [4.69, 9.17) is 11.6 Å². The summed E-state index contributed by atoms with van der Waals surface area (Å²) in [6.07, 6.45) is 0. The summed E-state index contributed by atoms with van der Waals surface area (Å²) in [4.78, 5) is 22.2. The molecular formula is C8H12N6O2. The van der Waals surface area contributed by atoms with E-state index in [1.165, 1.54) is 19.1 Å². The Morgan fingerprint density at radius 2 is 2.06 bits per heavy atom. The van der Waals surface area contributed by atoms with Crippen LogP contribution in [-0.4, -0.2) is 28.1 Å². The summed E-state index contributed by atoms with van der Waals surface area (Å²) >= 11 is 0. The number of hydrazine groups is 1. The van der Waals surface area contributed by atoms with Crippen LogP contribution in [0.3, 0.4) is 0 Å². The van der Waals surface area contributed by atoms with Crippen LogP contribution in [0.2, 0.25) is 0 Å². The molecule has 0 saturated carbocycles. The van der Waals surface area contributed by atoms with Crippen molar-refractivity contribution in [2.45, 2.75) is 13.0 Å². The van der Waals surface area contributed by atoms with Gasteiger partial charge in [0.2, 0.25) is 5.91 Å². The molecule has 6 N–H and O–H groups in total. The fraction of sp³-hybridized carbons (Fsp3) is 0.250. The summed E-state index contributed by atoms with van der Waals surface area (Å²) in [7, 11) is 0. The molecule has 2 amide bonds. The Kier molecular flexibility index (Phi) is 3.72. The third-order valence-electron chi connectivity index (χ3n) is 1.82. The molecule has 86 valence electrons. The van der Waals surface area contributed by atoms with Crippen molar-refractivity contribution >= 4 is 17.6 Å². The molecule has 16 heavy (non-hydrogen) atoms. The van der Waals surface area contributed by atoms with Crippen LogP contribution in [0.15, 0.2) is 12.1 Å². The number of nitrogens with two attached hydrogens (primary N) is 2. The van der Waals surface area contributed by atoms with Crippen LogP contribution in [0, 0.1) is 0 Å². The van der Waals surface area contributed by atoms with Gasteiger partial charge in [-0.25, -0.2) is 5.84 Å². The van der Waals surface area contributed by atoms with Crippen LogP contribution in [0.1, 0.15) is 17.4 Å². The fourth-order valence-electron chi connectivity index (χ4n) is 0.872. The molecule has 0 fully saturated rings. The summed E-state index contributed by atoms with van der Waals surface area (Å²) in [5.41, 5.74) is 7.34. The number of carbonyl (C=O) groups excluding carboxylic acids is 2. The Balaban J connectivity index is 2.69. The van der Waals surface area contributed by atoms with Gasteiger partial charge in [0.25, 0.3) is 5.91 Å². The number of nitrogen functional groups attached to an aromatic ring is 1. The molecule has 1 aromatic heterocycles. The van der Waals surface area contributed by atoms with Gasteiger partial charge in [-0.1, -0.05) is 0 Å². The number of rotatable bonds is 4. The lowest BCUT2D eigenvalue weighted by Crippen LogP contribution is -2.42. The minimum atomic E-state index is -0.762. The van der Waals surface area contributed by atoms with Gasteiger partial charge in [0.1, 0.15) is 6.04 Å². The van der Waals surface area contributed by atoms with E-state index in [1.807, 2.05) is 0 Å². The normalized spacial score (nSPS) is 11.6. The maximum atomic E-state index is 11.5. The van der Waals surface area contributed by atoms with Crippen molar-refractivity contribution in [1.82, 2.24) is 15.5 Å². The molecule has 0 aliphatic carbocycles. The Bertz CT molecular complexity index is 390. The van der Waals surface area contributed by atoms with Gasteiger partial charge < -0.3 is 16.5 Å². The lowest BCUT2D eigenvalue weighted by molar-refractivity contribution is -0.119. The van der Waals surface area contributed by atoms with Crippen molar-refractivity contribution in [3.63, 3.8) is 0 Å². The zero-order valence-electron chi connectivity index (χ0n) is 8.60. The molecule has 1 atom stereocenters. The average molecular weight is 224 g/mol. The Morgan fingerprint density at radius 1 is 1.38 bits per heavy atom. The number of hydrogen-bond donors (Lipinski definition) is 4. The molecule has 1 heterocycles. The second-order valence-electron chi connectivity index (χ2n) is 3.05. The predicted octanol–water partition coefficient (Wildman–Crippen LogP) is -1.63. The second kappa shape index (κ2) is 5.03. The van der Waals surface area contributed by atoms with Crippen LogP contribution in [-0.2, 0) is 4.79 Å². The number of amides is 2. The van der Waals surface area contributed by atoms with Gasteiger partial charge >= 0.3 is 0 Å². The number of primary amides is 1. The van der Waals surface area contributed by atoms with E-state index in [0.29, 0.717) is 5.82 Å². The first-order valence-corrected chi connectivity index (χ1v) is 4.45. The third-order valence-corrected chi connectivity index (χ3v) is 1.82. The highest BCUT2D eigenvalue weighted by molar-refractivity contribution is 5.95. The SMILES string of the molecule is CC(NC(=O)c1ccc(NN)nn1)C(N)=O. The van der Waals surface area contributed by atoms with Gasteiger partial charge in [-0.15, -0.1) is 10.2 Å². The van der Waals surface area contributed by atoms with Crippen molar-refractivity contribution in [3.8, 4) is 0 Å². The van der Waals surface area contributed by atoms with Gasteiger partial charge in [-0.3, -0.25) is 9.59 Å². The van der Waals surface area contributed by atoms with Gasteiger partial charge in [0.05, 0.1) is 0 Å². The summed E-state index contributed by atoms with van der Waals surface area (Å²) in [5, 5.41) is 9.58. The highest BCUT2D eigenvalue weighted by Gasteiger charge is 2.14. The Hall–Kier alpha value is -2.22. The quantitative estimate of drug-likeness (QED) is 0.358. The molecule has 0 bridgehead atoms. The largest absolute Gasteiger partial charge is 0.368 e. The summed E-state index contributed by atoms with van der Waals surface area (Å²) < 4.78 is 0. The average Bonchev–Trinajstić information content (AvgIpc) is 2.28. The minimum absolute atomic E-state index is 0.0760. The van der Waals surface area contributed by atoms with Gasteiger partial charge in [0.15, 0.2) is 11.5 Å². The van der Waals surface area contributed by atoms with Gasteiger partial charge in [-0.05, 0) is 19.1 Å². The molecule has 8 heteroatoms. The maximum Gasteiger partial charge on any atom is 0.272 e. The first-order chi connectivity index (χ1) is 7.54. The fourth-order valence-corrected chi connectivity index (χ4v) is 0.872. The number of anilines is 1. The molecule has 0 aromatic carbocycles. The molecule has 1 unspecified atom stereocenters. The number of aromatic nitrogens is 2. The first-order valence-electron chi connectivity index (χ1n) is 4.45. The smallest absolute Gasteiger partial charge is 0.272 e. The van der Waals surface area contributed by atoms with Crippen LogP contribution < -0.4 is 22.3 Å². The van der Waals surface area contributed by atoms with Gasteiger partial charge in [0, 0.05) is 0 Å². The lowest BCUT2D eigenvalue weighted by atomic mass is 10.3. The van der Waals surface area contributed by atoms with Gasteiger partial charge in [-0.2, -0.15) is 0 Å². The summed E-state index contributed by atoms with van der Waals surface area (Å²) in [6, 6.07) is 2.14. The number of hydrogen-bond acceptors (Lipinski definition) is 6. The number of nitrogens with zero attached hydrogens (tertiary/aromatic N) is 2. The molecule has 0 radical (unpaired) electrons. The summed E-state index contributed by atoms with van der Waals surface area (Å²) in [6.45, 7) is 1.48. The van der Waals surface area contributed by atoms with Crippen LogP contribution in [0.25, 0.3) is 0 Å². The molecule has 1 aromatic rings. The predicted molar refractivity (Wildman–Crippen MR) is 56.0 cm³/mol. The van der Waals surface area contributed by atoms with E-state index >= 15 is 0 Å². The molecule has 0 saturated heterocycles. The van der Waals surface area contributed by atoms with E-state index in [0.717, 1.165) is 0 Å². The molecule has 0 aliphatic rings. The van der Waals surface area contributed by atoms with Crippen molar-refractivity contribution in [2.24, 2.45) is 11.6 Å². The van der Waals surface area contributed by atoms with Crippen LogP contribution >= 0.6 is 0 Å². The number of carbonyl (C=O) groups is 2. The van der Waals surface area contributed by atoms with Crippen LogP contribution in [0.4, 0.5) is 5.82 Å². The van der Waals surface area contributed by atoms with Crippen LogP contribution in [0.5, 0.6) is 0 Å². The second-order valence-corrected chi connectivity index (χ2v) is 3.05. The highest BCUT2D eigenvalue weighted by Crippen LogP contribution is 1.99. The Labute approximate surface area is 91.4 Å². The van der Waals surface area contributed by atoms with E-state index in [-0.39, 0.29) is 5.69 Å². The van der Waals surface area contributed by atoms with Crippen molar-refractivity contribution < 1.29 is 9.59 Å². The van der Waals surface area contributed by atoms with E-state index < -0.39 is 17.9 Å². The van der Waals surface area contributed by atoms with E-state index in [2.05, 4.69) is 20.9 Å². The lowest BCUT2D eigenvalue weighted by Gasteiger charge is -2.09. The summed E-state index contributed by atoms with van der Waals surface area (Å²) in [5.74, 6) is 4.27. The van der Waals surface area contributed by atoms with Crippen molar-refractivity contribution in [1.29, 1.82) is 0 Å². The van der Waals surface area contributed by atoms with Crippen molar-refractivity contribution in [3.05, 3.63) is 17.8 Å². The topological polar surface area (TPSA) is 136 Å². The van der Waals surface area contributed by atoms with E-state index in [9.17, 15) is 9.59 Å². The molecule has 1 rings (SSSR count). The third kappa shape index (κ3) is 2.89. The molecule has 0 spiro atoms. The minimum Gasteiger partial charge on any atom is -0.368 e. The molecule has 0 aliphatic heterocycles. The zero-order chi connectivity index (χ0) is 12.1. The molecule has 8 nitrogen and oxygen atoms in total. The zero-order valence-corrected chi connectivity index (χ0v) is 8.60. The monoisotopic (exact) mass is 224 g/mol. The van der Waals surface area contributed by atoms with Crippen molar-refractivity contribution in [2.75, 3.05) is 5.43 Å². The molecular weight excluding hydrogens is 212 g/mol. The van der Waals surface area contributed by atoms with E-state index in [1.54, 1.807) is 0 Å². The number of nitrogens with one attached hydrogen (secondary N) is 2. The maximum absolute atomic E-state index is 11.5.